The van der Waals surface area contributed by atoms with Crippen molar-refractivity contribution in [2.24, 2.45) is 0 Å². The van der Waals surface area contributed by atoms with Gasteiger partial charge in [0.25, 0.3) is 0 Å². The van der Waals surface area contributed by atoms with Crippen LogP contribution in [-0.2, 0) is 4.79 Å². The number of aliphatic hydroxyl groups is 1. The van der Waals surface area contributed by atoms with Crippen molar-refractivity contribution in [3.05, 3.63) is 39.9 Å². The highest BCUT2D eigenvalue weighted by Crippen LogP contribution is 2.21. The van der Waals surface area contributed by atoms with Gasteiger partial charge in [-0.1, -0.05) is 36.2 Å². The Bertz CT molecular complexity index is 443. The first-order chi connectivity index (χ1) is 8.56. The number of amides is 1. The van der Waals surface area contributed by atoms with Gasteiger partial charge in [0.05, 0.1) is 12.6 Å². The summed E-state index contributed by atoms with van der Waals surface area (Å²) < 4.78 is 0. The molecule has 18 heavy (non-hydrogen) atoms. The van der Waals surface area contributed by atoms with Crippen molar-refractivity contribution in [1.29, 1.82) is 0 Å². The van der Waals surface area contributed by atoms with E-state index in [1.807, 2.05) is 6.92 Å². The Morgan fingerprint density at radius 1 is 1.50 bits per heavy atom. The van der Waals surface area contributed by atoms with Crippen molar-refractivity contribution < 1.29 is 9.90 Å². The molecular weight excluding hydrogens is 273 g/mol. The molecule has 0 saturated carbocycles. The standard InChI is InChI=1S/C13H15Cl2NO2/c1-2-11(8-17)16-13(18)6-4-9-3-5-10(14)7-12(9)15/h3-7,11,17H,2,8H2,1H3,(H,16,18)/b6-4+/t11-/m0/s1. The first kappa shape index (κ1) is 15.0. The molecule has 0 aliphatic rings. The molecule has 0 spiro atoms. The van der Waals surface area contributed by atoms with E-state index in [0.717, 1.165) is 0 Å². The fraction of sp³-hybridized carbons (Fsp3) is 0.308. The molecular formula is C13H15Cl2NO2. The number of rotatable bonds is 5. The van der Waals surface area contributed by atoms with Gasteiger partial charge < -0.3 is 10.4 Å². The van der Waals surface area contributed by atoms with E-state index in [4.69, 9.17) is 28.3 Å². The zero-order valence-corrected chi connectivity index (χ0v) is 11.5. The largest absolute Gasteiger partial charge is 0.394 e. The van der Waals surface area contributed by atoms with Crippen LogP contribution in [0.3, 0.4) is 0 Å². The summed E-state index contributed by atoms with van der Waals surface area (Å²) in [4.78, 5) is 11.5. The second-order valence-corrected chi connectivity index (χ2v) is 4.64. The van der Waals surface area contributed by atoms with Crippen LogP contribution in [0.5, 0.6) is 0 Å². The molecule has 98 valence electrons. The molecule has 2 N–H and O–H groups in total. The molecule has 0 unspecified atom stereocenters. The normalized spacial score (nSPS) is 12.7. The second-order valence-electron chi connectivity index (χ2n) is 3.80. The SMILES string of the molecule is CC[C@@H](CO)NC(=O)/C=C/c1ccc(Cl)cc1Cl. The van der Waals surface area contributed by atoms with Crippen molar-refractivity contribution >= 4 is 35.2 Å². The van der Waals surface area contributed by atoms with Crippen LogP contribution in [-0.4, -0.2) is 23.7 Å². The van der Waals surface area contributed by atoms with Gasteiger partial charge in [-0.25, -0.2) is 0 Å². The van der Waals surface area contributed by atoms with E-state index in [2.05, 4.69) is 5.32 Å². The van der Waals surface area contributed by atoms with Crippen LogP contribution in [0.2, 0.25) is 10.0 Å². The number of benzene rings is 1. The second kappa shape index (κ2) is 7.41. The monoisotopic (exact) mass is 287 g/mol. The van der Waals surface area contributed by atoms with E-state index >= 15 is 0 Å². The van der Waals surface area contributed by atoms with Crippen molar-refractivity contribution in [2.45, 2.75) is 19.4 Å². The maximum absolute atomic E-state index is 11.5. The van der Waals surface area contributed by atoms with E-state index < -0.39 is 0 Å². The Balaban J connectivity index is 2.66. The lowest BCUT2D eigenvalue weighted by atomic mass is 10.2. The Hall–Kier alpha value is -1.03. The van der Waals surface area contributed by atoms with Crippen LogP contribution in [0.4, 0.5) is 0 Å². The van der Waals surface area contributed by atoms with Crippen molar-refractivity contribution in [1.82, 2.24) is 5.32 Å². The third kappa shape index (κ3) is 4.69. The topological polar surface area (TPSA) is 49.3 Å². The number of aliphatic hydroxyl groups excluding tert-OH is 1. The van der Waals surface area contributed by atoms with Gasteiger partial charge in [-0.15, -0.1) is 0 Å². The summed E-state index contributed by atoms with van der Waals surface area (Å²) in [5.41, 5.74) is 0.716. The van der Waals surface area contributed by atoms with Gasteiger partial charge in [0.1, 0.15) is 0 Å². The summed E-state index contributed by atoms with van der Waals surface area (Å²) in [5.74, 6) is -0.262. The average molecular weight is 288 g/mol. The van der Waals surface area contributed by atoms with E-state index in [9.17, 15) is 4.79 Å². The van der Waals surface area contributed by atoms with Gasteiger partial charge in [-0.2, -0.15) is 0 Å². The summed E-state index contributed by atoms with van der Waals surface area (Å²) in [6, 6.07) is 4.83. The first-order valence-electron chi connectivity index (χ1n) is 5.61. The van der Waals surface area contributed by atoms with Gasteiger partial charge in [-0.3, -0.25) is 4.79 Å². The number of carbonyl (C=O) groups excluding carboxylic acids is 1. The zero-order chi connectivity index (χ0) is 13.5. The molecule has 1 atom stereocenters. The van der Waals surface area contributed by atoms with Crippen molar-refractivity contribution in [3.63, 3.8) is 0 Å². The Morgan fingerprint density at radius 2 is 2.22 bits per heavy atom. The van der Waals surface area contributed by atoms with E-state index in [-0.39, 0.29) is 18.6 Å². The average Bonchev–Trinajstić information content (AvgIpc) is 2.35. The number of nitrogens with one attached hydrogen (secondary N) is 1. The van der Waals surface area contributed by atoms with Gasteiger partial charge >= 0.3 is 0 Å². The summed E-state index contributed by atoms with van der Waals surface area (Å²) in [6.45, 7) is 1.82. The number of halogens is 2. The van der Waals surface area contributed by atoms with Gasteiger partial charge in [0.2, 0.25) is 5.91 Å². The molecule has 0 radical (unpaired) electrons. The Labute approximate surface area is 116 Å². The summed E-state index contributed by atoms with van der Waals surface area (Å²) in [5, 5.41) is 12.7. The minimum atomic E-state index is -0.262. The molecule has 1 amide bonds. The molecule has 0 fully saturated rings. The molecule has 0 aromatic heterocycles. The molecule has 1 aromatic carbocycles. The van der Waals surface area contributed by atoms with Crippen LogP contribution in [0.25, 0.3) is 6.08 Å². The maximum Gasteiger partial charge on any atom is 0.244 e. The maximum atomic E-state index is 11.5. The fourth-order valence-corrected chi connectivity index (χ4v) is 1.80. The van der Waals surface area contributed by atoms with E-state index in [1.165, 1.54) is 6.08 Å². The van der Waals surface area contributed by atoms with E-state index in [1.54, 1.807) is 24.3 Å². The predicted octanol–water partition coefficient (Wildman–Crippen LogP) is 2.89. The minimum Gasteiger partial charge on any atom is -0.394 e. The van der Waals surface area contributed by atoms with Gasteiger partial charge in [-0.05, 0) is 30.2 Å². The number of hydrogen-bond donors (Lipinski definition) is 2. The Kier molecular flexibility index (Phi) is 6.19. The molecule has 5 heteroatoms. The molecule has 0 aliphatic heterocycles. The van der Waals surface area contributed by atoms with Crippen LogP contribution >= 0.6 is 23.2 Å². The lowest BCUT2D eigenvalue weighted by molar-refractivity contribution is -0.117. The van der Waals surface area contributed by atoms with Crippen molar-refractivity contribution in [3.8, 4) is 0 Å². The fourth-order valence-electron chi connectivity index (χ4n) is 1.33. The highest BCUT2D eigenvalue weighted by molar-refractivity contribution is 6.35. The summed E-state index contributed by atoms with van der Waals surface area (Å²) >= 11 is 11.7. The minimum absolute atomic E-state index is 0.0716. The summed E-state index contributed by atoms with van der Waals surface area (Å²) in [7, 11) is 0. The zero-order valence-electron chi connectivity index (χ0n) is 9.99. The molecule has 0 aliphatic carbocycles. The molecule has 3 nitrogen and oxygen atoms in total. The highest BCUT2D eigenvalue weighted by atomic mass is 35.5. The quantitative estimate of drug-likeness (QED) is 0.818. The third-order valence-electron chi connectivity index (χ3n) is 2.44. The van der Waals surface area contributed by atoms with Gasteiger partial charge in [0, 0.05) is 16.1 Å². The number of carbonyl (C=O) groups is 1. The number of hydrogen-bond acceptors (Lipinski definition) is 2. The van der Waals surface area contributed by atoms with Crippen LogP contribution in [0, 0.1) is 0 Å². The lowest BCUT2D eigenvalue weighted by Gasteiger charge is -2.11. The van der Waals surface area contributed by atoms with Crippen molar-refractivity contribution in [2.75, 3.05) is 6.61 Å². The highest BCUT2D eigenvalue weighted by Gasteiger charge is 2.06. The molecule has 1 aromatic rings. The first-order valence-corrected chi connectivity index (χ1v) is 6.37. The van der Waals surface area contributed by atoms with Crippen LogP contribution in [0.15, 0.2) is 24.3 Å². The third-order valence-corrected chi connectivity index (χ3v) is 3.00. The lowest BCUT2D eigenvalue weighted by Crippen LogP contribution is -2.35. The molecule has 0 saturated heterocycles. The Morgan fingerprint density at radius 3 is 2.78 bits per heavy atom. The molecule has 0 heterocycles. The summed E-state index contributed by atoms with van der Waals surface area (Å²) in [6.07, 6.45) is 3.67. The molecule has 1 rings (SSSR count). The van der Waals surface area contributed by atoms with Crippen LogP contribution < -0.4 is 5.32 Å². The predicted molar refractivity (Wildman–Crippen MR) is 74.8 cm³/mol. The van der Waals surface area contributed by atoms with E-state index in [0.29, 0.717) is 22.0 Å². The van der Waals surface area contributed by atoms with Crippen LogP contribution in [0.1, 0.15) is 18.9 Å². The smallest absolute Gasteiger partial charge is 0.244 e. The molecule has 0 bridgehead atoms. The van der Waals surface area contributed by atoms with Gasteiger partial charge in [0.15, 0.2) is 0 Å².